The molecule has 24 heavy (non-hydrogen) atoms. The van der Waals surface area contributed by atoms with Gasteiger partial charge in [0.1, 0.15) is 11.5 Å². The van der Waals surface area contributed by atoms with E-state index in [0.717, 1.165) is 16.9 Å². The van der Waals surface area contributed by atoms with Gasteiger partial charge in [0, 0.05) is 23.4 Å². The first-order valence-electron chi connectivity index (χ1n) is 8.45. The molecule has 6 nitrogen and oxygen atoms in total. The van der Waals surface area contributed by atoms with Gasteiger partial charge in [0.15, 0.2) is 5.16 Å². The fourth-order valence-corrected chi connectivity index (χ4v) is 3.59. The van der Waals surface area contributed by atoms with E-state index in [1.165, 1.54) is 0 Å². The predicted octanol–water partition coefficient (Wildman–Crippen LogP) is 2.90. The summed E-state index contributed by atoms with van der Waals surface area (Å²) < 4.78 is 38.5. The van der Waals surface area contributed by atoms with Gasteiger partial charge in [-0.2, -0.15) is 0 Å². The van der Waals surface area contributed by atoms with Crippen LogP contribution >= 0.6 is 0 Å². The van der Waals surface area contributed by atoms with Crippen LogP contribution in [-0.2, 0) is 16.6 Å². The normalized spacial score (nSPS) is 13.5. The Hall–Kier alpha value is -2.41. The second kappa shape index (κ2) is 6.60. The Balaban J connectivity index is 1.92. The highest BCUT2D eigenvalue weighted by Crippen LogP contribution is 2.26. The molecule has 1 atom stereocenters. The molecular formula is C17H19N3O3S. The maximum absolute atomic E-state index is 12.8. The van der Waals surface area contributed by atoms with Gasteiger partial charge in [0.2, 0.25) is 0 Å². The van der Waals surface area contributed by atoms with Gasteiger partial charge >= 0.3 is 0 Å². The zero-order valence-corrected chi connectivity index (χ0v) is 14.5. The highest BCUT2D eigenvalue weighted by atomic mass is 32.2. The first kappa shape index (κ1) is 14.0. The van der Waals surface area contributed by atoms with Crippen molar-refractivity contribution in [1.29, 1.82) is 0 Å². The molecule has 0 saturated carbocycles. The van der Waals surface area contributed by atoms with Crippen LogP contribution in [0.4, 0.5) is 0 Å². The minimum Gasteiger partial charge on any atom is -0.497 e. The molecular weight excluding hydrogens is 326 g/mol. The number of benzene rings is 1. The number of hydrogen-bond donors (Lipinski definition) is 1. The Morgan fingerprint density at radius 2 is 2.21 bits per heavy atom. The molecule has 0 aliphatic heterocycles. The summed E-state index contributed by atoms with van der Waals surface area (Å²) in [5.41, 5.74) is 3.41. The SMILES string of the molecule is [2H]COc1ccc2nc(S(=O)Cc3ncc(C)c(OC)c3C)[nH]c2c1[2H]. The van der Waals surface area contributed by atoms with Gasteiger partial charge in [-0.05, 0) is 26.0 Å². The third-order valence-corrected chi connectivity index (χ3v) is 4.90. The first-order chi connectivity index (χ1) is 12.5. The summed E-state index contributed by atoms with van der Waals surface area (Å²) in [4.78, 5) is 11.6. The number of aromatic amines is 1. The Bertz CT molecular complexity index is 991. The summed E-state index contributed by atoms with van der Waals surface area (Å²) in [6.45, 7) is 3.79. The van der Waals surface area contributed by atoms with Crippen molar-refractivity contribution in [3.8, 4) is 11.5 Å². The lowest BCUT2D eigenvalue weighted by Gasteiger charge is -2.11. The van der Waals surface area contributed by atoms with E-state index in [4.69, 9.17) is 12.2 Å². The van der Waals surface area contributed by atoms with Crippen LogP contribution in [0.15, 0.2) is 29.5 Å². The number of nitrogens with one attached hydrogen (secondary N) is 1. The van der Waals surface area contributed by atoms with Gasteiger partial charge in [-0.1, -0.05) is 0 Å². The van der Waals surface area contributed by atoms with Crippen molar-refractivity contribution in [2.75, 3.05) is 14.2 Å². The van der Waals surface area contributed by atoms with Crippen molar-refractivity contribution in [2.24, 2.45) is 0 Å². The Morgan fingerprint density at radius 3 is 2.96 bits per heavy atom. The Labute approximate surface area is 145 Å². The van der Waals surface area contributed by atoms with E-state index in [1.807, 2.05) is 13.8 Å². The molecule has 0 spiro atoms. The van der Waals surface area contributed by atoms with Crippen LogP contribution in [0.25, 0.3) is 11.0 Å². The lowest BCUT2D eigenvalue weighted by atomic mass is 10.1. The van der Waals surface area contributed by atoms with Crippen LogP contribution in [0, 0.1) is 13.8 Å². The van der Waals surface area contributed by atoms with E-state index < -0.39 is 10.8 Å². The van der Waals surface area contributed by atoms with Crippen LogP contribution in [0.1, 0.15) is 19.6 Å². The summed E-state index contributed by atoms with van der Waals surface area (Å²) in [5, 5.41) is 0.275. The zero-order chi connectivity index (χ0) is 18.8. The molecule has 2 heterocycles. The van der Waals surface area contributed by atoms with Gasteiger partial charge in [0.05, 0.1) is 50.2 Å². The molecule has 0 aliphatic rings. The average Bonchev–Trinajstić information content (AvgIpc) is 3.06. The lowest BCUT2D eigenvalue weighted by Crippen LogP contribution is -2.05. The van der Waals surface area contributed by atoms with Crippen LogP contribution in [-0.4, -0.2) is 33.4 Å². The number of hydrogen-bond acceptors (Lipinski definition) is 5. The number of rotatable bonds is 5. The minimum absolute atomic E-state index is 0.0943. The molecule has 1 N–H and O–H groups in total. The fourth-order valence-electron chi connectivity index (χ4n) is 2.50. The molecule has 1 unspecified atom stereocenters. The van der Waals surface area contributed by atoms with Crippen LogP contribution < -0.4 is 9.47 Å². The van der Waals surface area contributed by atoms with Crippen molar-refractivity contribution in [3.05, 3.63) is 41.2 Å². The first-order valence-corrected chi connectivity index (χ1v) is 8.57. The van der Waals surface area contributed by atoms with Crippen molar-refractivity contribution in [2.45, 2.75) is 24.8 Å². The van der Waals surface area contributed by atoms with Gasteiger partial charge in [0.25, 0.3) is 0 Å². The van der Waals surface area contributed by atoms with Crippen molar-refractivity contribution >= 4 is 21.8 Å². The van der Waals surface area contributed by atoms with Gasteiger partial charge in [-0.25, -0.2) is 4.98 Å². The molecule has 3 aromatic rings. The second-order valence-electron chi connectivity index (χ2n) is 5.31. The number of pyridine rings is 1. The average molecular weight is 347 g/mol. The van der Waals surface area contributed by atoms with Gasteiger partial charge < -0.3 is 14.5 Å². The van der Waals surface area contributed by atoms with Crippen LogP contribution in [0.5, 0.6) is 11.5 Å². The fraction of sp³-hybridized carbons (Fsp3) is 0.294. The number of fused-ring (bicyclic) bond motifs is 1. The third kappa shape index (κ3) is 2.99. The lowest BCUT2D eigenvalue weighted by molar-refractivity contribution is 0.407. The van der Waals surface area contributed by atoms with E-state index in [2.05, 4.69) is 15.0 Å². The number of aryl methyl sites for hydroxylation is 1. The van der Waals surface area contributed by atoms with Gasteiger partial charge in [-0.3, -0.25) is 9.19 Å². The third-order valence-electron chi connectivity index (χ3n) is 3.74. The summed E-state index contributed by atoms with van der Waals surface area (Å²) in [7, 11) is -0.133. The van der Waals surface area contributed by atoms with Crippen LogP contribution in [0.3, 0.4) is 0 Å². The number of H-pyrrole nitrogens is 1. The second-order valence-corrected chi connectivity index (χ2v) is 6.67. The van der Waals surface area contributed by atoms with Crippen LogP contribution in [0.2, 0.25) is 0 Å². The topological polar surface area (TPSA) is 77.1 Å². The molecule has 0 fully saturated rings. The summed E-state index contributed by atoms with van der Waals surface area (Å²) in [5.74, 6) is 1.21. The summed E-state index contributed by atoms with van der Waals surface area (Å²) in [6.07, 6.45) is 1.70. The monoisotopic (exact) mass is 347 g/mol. The smallest absolute Gasteiger partial charge is 0.197 e. The number of nitrogens with zero attached hydrogens (tertiary/aromatic N) is 2. The molecule has 0 saturated heterocycles. The minimum atomic E-state index is -1.46. The van der Waals surface area contributed by atoms with E-state index in [-0.39, 0.29) is 29.8 Å². The maximum atomic E-state index is 12.8. The molecule has 2 aromatic heterocycles. The molecule has 126 valence electrons. The highest BCUT2D eigenvalue weighted by molar-refractivity contribution is 7.84. The Kier molecular flexibility index (Phi) is 3.85. The summed E-state index contributed by atoms with van der Waals surface area (Å²) in [6, 6.07) is 3.36. The number of methoxy groups -OCH3 is 2. The highest BCUT2D eigenvalue weighted by Gasteiger charge is 2.16. The van der Waals surface area contributed by atoms with E-state index in [9.17, 15) is 4.21 Å². The zero-order valence-electron chi connectivity index (χ0n) is 15.7. The van der Waals surface area contributed by atoms with E-state index in [1.54, 1.807) is 25.4 Å². The molecule has 0 bridgehead atoms. The Morgan fingerprint density at radius 1 is 1.38 bits per heavy atom. The standard InChI is InChI=1S/C17H19N3O3S/c1-10-8-18-15(11(2)16(10)23-4)9-24(21)17-19-13-6-5-12(22-3)7-14(13)20-17/h5-8H,9H2,1-4H3,(H,19,20)/i3D,7D. The molecule has 7 heteroatoms. The quantitative estimate of drug-likeness (QED) is 0.768. The number of ether oxygens (including phenoxy) is 2. The number of aromatic nitrogens is 3. The number of imidazole rings is 1. The molecule has 0 aliphatic carbocycles. The predicted molar refractivity (Wildman–Crippen MR) is 93.0 cm³/mol. The molecule has 0 amide bonds. The largest absolute Gasteiger partial charge is 0.497 e. The van der Waals surface area contributed by atoms with E-state index >= 15 is 0 Å². The van der Waals surface area contributed by atoms with Gasteiger partial charge in [-0.15, -0.1) is 0 Å². The molecule has 0 radical (unpaired) electrons. The van der Waals surface area contributed by atoms with E-state index in [0.29, 0.717) is 16.7 Å². The summed E-state index contributed by atoms with van der Waals surface area (Å²) >= 11 is 0. The van der Waals surface area contributed by atoms with Crippen molar-refractivity contribution in [1.82, 2.24) is 15.0 Å². The van der Waals surface area contributed by atoms with Crippen molar-refractivity contribution < 1.29 is 16.4 Å². The molecule has 3 rings (SSSR count). The molecule has 1 aromatic carbocycles. The maximum Gasteiger partial charge on any atom is 0.197 e. The van der Waals surface area contributed by atoms with Crippen molar-refractivity contribution in [3.63, 3.8) is 0 Å².